The molecule has 1 aliphatic rings. The molecule has 7 heteroatoms. The minimum Gasteiger partial charge on any atom is -0.506 e. The molecule has 0 spiro atoms. The van der Waals surface area contributed by atoms with Gasteiger partial charge >= 0.3 is 0 Å². The monoisotopic (exact) mass is 318 g/mol. The van der Waals surface area contributed by atoms with Crippen molar-refractivity contribution in [1.29, 1.82) is 0 Å². The summed E-state index contributed by atoms with van der Waals surface area (Å²) in [6.07, 6.45) is 3.12. The van der Waals surface area contributed by atoms with Crippen molar-refractivity contribution in [2.45, 2.75) is 12.5 Å². The molecule has 0 amide bonds. The quantitative estimate of drug-likeness (QED) is 0.780. The minimum atomic E-state index is -0.990. The SMILES string of the molecule is CC1=CC(c2ccc(Cl)cc2)(c2c(O)cnn(C)c2=O)NN1. The predicted molar refractivity (Wildman–Crippen MR) is 83.4 cm³/mol. The fourth-order valence-electron chi connectivity index (χ4n) is 2.64. The Balaban J connectivity index is 2.32. The Bertz CT molecular complexity index is 813. The standard InChI is InChI=1S/C15H15ClN4O2/c1-9-7-15(19-18-9,10-3-5-11(16)6-4-10)13-12(21)8-17-20(2)14(13)22/h3-8,18-19,21H,1-2H3. The average molecular weight is 319 g/mol. The van der Waals surface area contributed by atoms with Crippen molar-refractivity contribution in [3.63, 3.8) is 0 Å². The van der Waals surface area contributed by atoms with Crippen LogP contribution in [0.4, 0.5) is 0 Å². The lowest BCUT2D eigenvalue weighted by atomic mass is 9.83. The molecule has 0 aliphatic carbocycles. The molecule has 0 fully saturated rings. The van der Waals surface area contributed by atoms with Gasteiger partial charge in [0.2, 0.25) is 0 Å². The van der Waals surface area contributed by atoms with Gasteiger partial charge in [-0.2, -0.15) is 5.10 Å². The maximum Gasteiger partial charge on any atom is 0.276 e. The lowest BCUT2D eigenvalue weighted by Crippen LogP contribution is -2.47. The van der Waals surface area contributed by atoms with Crippen LogP contribution in [-0.2, 0) is 12.6 Å². The first-order chi connectivity index (χ1) is 10.4. The van der Waals surface area contributed by atoms with E-state index in [0.29, 0.717) is 5.02 Å². The average Bonchev–Trinajstić information content (AvgIpc) is 2.87. The summed E-state index contributed by atoms with van der Waals surface area (Å²) < 4.78 is 1.19. The van der Waals surface area contributed by atoms with Crippen molar-refractivity contribution in [2.24, 2.45) is 7.05 Å². The smallest absolute Gasteiger partial charge is 0.276 e. The number of aryl methyl sites for hydroxylation is 1. The Hall–Kier alpha value is -2.31. The summed E-state index contributed by atoms with van der Waals surface area (Å²) in [6.45, 7) is 1.87. The molecule has 1 unspecified atom stereocenters. The lowest BCUT2D eigenvalue weighted by molar-refractivity contribution is 0.411. The molecule has 6 nitrogen and oxygen atoms in total. The zero-order valence-corrected chi connectivity index (χ0v) is 12.8. The van der Waals surface area contributed by atoms with E-state index in [1.807, 2.05) is 25.1 Å². The van der Waals surface area contributed by atoms with Crippen LogP contribution < -0.4 is 16.4 Å². The molecule has 22 heavy (non-hydrogen) atoms. The summed E-state index contributed by atoms with van der Waals surface area (Å²) in [7, 11) is 1.54. The predicted octanol–water partition coefficient (Wildman–Crippen LogP) is 1.39. The topological polar surface area (TPSA) is 79.2 Å². The van der Waals surface area contributed by atoms with Gasteiger partial charge in [-0.25, -0.2) is 10.1 Å². The fraction of sp³-hybridized carbons (Fsp3) is 0.200. The maximum atomic E-state index is 12.5. The Labute approximate surface area is 132 Å². The Morgan fingerprint density at radius 3 is 2.59 bits per heavy atom. The van der Waals surface area contributed by atoms with E-state index < -0.39 is 5.54 Å². The van der Waals surface area contributed by atoms with Crippen molar-refractivity contribution in [3.8, 4) is 5.75 Å². The van der Waals surface area contributed by atoms with Gasteiger partial charge in [0, 0.05) is 17.8 Å². The highest BCUT2D eigenvalue weighted by molar-refractivity contribution is 6.30. The summed E-state index contributed by atoms with van der Waals surface area (Å²) in [5.41, 5.74) is 6.54. The van der Waals surface area contributed by atoms with Crippen LogP contribution in [-0.4, -0.2) is 14.9 Å². The molecule has 114 valence electrons. The van der Waals surface area contributed by atoms with Crippen LogP contribution in [0.1, 0.15) is 18.1 Å². The highest BCUT2D eigenvalue weighted by Gasteiger charge is 2.40. The summed E-state index contributed by atoms with van der Waals surface area (Å²) in [6, 6.07) is 7.10. The second-order valence-corrected chi connectivity index (χ2v) is 5.66. The van der Waals surface area contributed by atoms with Crippen LogP contribution in [0.3, 0.4) is 0 Å². The number of hydrazine groups is 1. The van der Waals surface area contributed by atoms with E-state index in [9.17, 15) is 9.90 Å². The molecule has 0 bridgehead atoms. The van der Waals surface area contributed by atoms with Crippen molar-refractivity contribution >= 4 is 11.6 Å². The highest BCUT2D eigenvalue weighted by Crippen LogP contribution is 2.36. The largest absolute Gasteiger partial charge is 0.506 e. The van der Waals surface area contributed by atoms with Crippen molar-refractivity contribution < 1.29 is 5.11 Å². The van der Waals surface area contributed by atoms with Gasteiger partial charge in [0.1, 0.15) is 11.3 Å². The van der Waals surface area contributed by atoms with E-state index in [-0.39, 0.29) is 16.9 Å². The first-order valence-corrected chi connectivity index (χ1v) is 7.06. The molecule has 1 atom stereocenters. The Morgan fingerprint density at radius 2 is 2.00 bits per heavy atom. The van der Waals surface area contributed by atoms with Gasteiger partial charge in [-0.15, -0.1) is 0 Å². The van der Waals surface area contributed by atoms with E-state index >= 15 is 0 Å². The number of hydrogen-bond donors (Lipinski definition) is 3. The molecule has 3 rings (SSSR count). The zero-order chi connectivity index (χ0) is 15.9. The van der Waals surface area contributed by atoms with Gasteiger partial charge < -0.3 is 10.5 Å². The van der Waals surface area contributed by atoms with Crippen molar-refractivity contribution in [1.82, 2.24) is 20.6 Å². The summed E-state index contributed by atoms with van der Waals surface area (Å²) in [5.74, 6) is -0.168. The number of aromatic nitrogens is 2. The fourth-order valence-corrected chi connectivity index (χ4v) is 2.77. The molecule has 0 saturated carbocycles. The van der Waals surface area contributed by atoms with Crippen LogP contribution in [0, 0.1) is 0 Å². The summed E-state index contributed by atoms with van der Waals surface area (Å²) >= 11 is 5.95. The van der Waals surface area contributed by atoms with E-state index in [0.717, 1.165) is 11.3 Å². The third-order valence-electron chi connectivity index (χ3n) is 3.70. The third-order valence-corrected chi connectivity index (χ3v) is 3.95. The van der Waals surface area contributed by atoms with Crippen LogP contribution in [0.15, 0.2) is 47.0 Å². The number of nitrogens with zero attached hydrogens (tertiary/aromatic N) is 2. The molecule has 0 radical (unpaired) electrons. The summed E-state index contributed by atoms with van der Waals surface area (Å²) in [5, 5.41) is 14.7. The van der Waals surface area contributed by atoms with E-state index in [1.165, 1.54) is 10.9 Å². The van der Waals surface area contributed by atoms with Crippen LogP contribution >= 0.6 is 11.6 Å². The van der Waals surface area contributed by atoms with Crippen LogP contribution in [0.5, 0.6) is 5.75 Å². The first kappa shape index (κ1) is 14.6. The van der Waals surface area contributed by atoms with Gasteiger partial charge in [0.25, 0.3) is 5.56 Å². The molecule has 3 N–H and O–H groups in total. The van der Waals surface area contributed by atoms with Gasteiger partial charge in [-0.05, 0) is 30.7 Å². The van der Waals surface area contributed by atoms with E-state index in [4.69, 9.17) is 11.6 Å². The number of benzene rings is 1. The molecule has 1 aromatic heterocycles. The van der Waals surface area contributed by atoms with Gasteiger partial charge in [-0.1, -0.05) is 23.7 Å². The maximum absolute atomic E-state index is 12.5. The van der Waals surface area contributed by atoms with Crippen LogP contribution in [0.2, 0.25) is 5.02 Å². The number of aromatic hydroxyl groups is 1. The van der Waals surface area contributed by atoms with E-state index in [2.05, 4.69) is 16.0 Å². The second-order valence-electron chi connectivity index (χ2n) is 5.23. The second kappa shape index (κ2) is 5.15. The lowest BCUT2D eigenvalue weighted by Gasteiger charge is -2.28. The zero-order valence-electron chi connectivity index (χ0n) is 12.1. The normalized spacial score (nSPS) is 20.6. The molecule has 2 heterocycles. The Morgan fingerprint density at radius 1 is 1.32 bits per heavy atom. The highest BCUT2D eigenvalue weighted by atomic mass is 35.5. The molecule has 2 aromatic rings. The molecule has 1 aliphatic heterocycles. The number of hydrogen-bond acceptors (Lipinski definition) is 5. The van der Waals surface area contributed by atoms with Gasteiger partial charge in [0.15, 0.2) is 0 Å². The van der Waals surface area contributed by atoms with Gasteiger partial charge in [0.05, 0.1) is 11.8 Å². The number of halogens is 1. The third kappa shape index (κ3) is 2.17. The molecular formula is C15H15ClN4O2. The molecular weight excluding hydrogens is 304 g/mol. The Kier molecular flexibility index (Phi) is 3.42. The first-order valence-electron chi connectivity index (χ1n) is 6.68. The van der Waals surface area contributed by atoms with Gasteiger partial charge in [-0.3, -0.25) is 4.79 Å². The number of rotatable bonds is 2. The number of allylic oxidation sites excluding steroid dienone is 1. The molecule has 1 aromatic carbocycles. The van der Waals surface area contributed by atoms with Crippen molar-refractivity contribution in [3.05, 3.63) is 68.7 Å². The number of nitrogens with one attached hydrogen (secondary N) is 2. The minimum absolute atomic E-state index is 0.168. The molecule has 0 saturated heterocycles. The van der Waals surface area contributed by atoms with E-state index in [1.54, 1.807) is 19.2 Å². The summed E-state index contributed by atoms with van der Waals surface area (Å²) in [4.78, 5) is 12.5. The van der Waals surface area contributed by atoms with Crippen LogP contribution in [0.25, 0.3) is 0 Å². The van der Waals surface area contributed by atoms with Crippen molar-refractivity contribution in [2.75, 3.05) is 0 Å².